The molecule has 0 saturated carbocycles. The summed E-state index contributed by atoms with van der Waals surface area (Å²) in [5.74, 6) is -0.125. The molecule has 118 valence electrons. The van der Waals surface area contributed by atoms with Gasteiger partial charge in [-0.25, -0.2) is 14.4 Å². The molecule has 0 aliphatic carbocycles. The predicted octanol–water partition coefficient (Wildman–Crippen LogP) is 2.19. The number of fused-ring (bicyclic) bond motifs is 1. The number of benzene rings is 1. The summed E-state index contributed by atoms with van der Waals surface area (Å²) in [6.45, 7) is 1.57. The van der Waals surface area contributed by atoms with Gasteiger partial charge in [-0.15, -0.1) is 0 Å². The summed E-state index contributed by atoms with van der Waals surface area (Å²) in [5, 5.41) is 0.486. The van der Waals surface area contributed by atoms with Crippen molar-refractivity contribution in [1.82, 2.24) is 9.97 Å². The molecule has 7 heteroatoms. The summed E-state index contributed by atoms with van der Waals surface area (Å²) in [6, 6.07) is 5.09. The quantitative estimate of drug-likeness (QED) is 0.914. The van der Waals surface area contributed by atoms with Crippen LogP contribution in [0.1, 0.15) is 5.56 Å². The van der Waals surface area contributed by atoms with E-state index in [-0.39, 0.29) is 11.7 Å². The van der Waals surface area contributed by atoms with Crippen molar-refractivity contribution in [1.29, 1.82) is 0 Å². The van der Waals surface area contributed by atoms with Crippen LogP contribution in [-0.4, -0.2) is 34.9 Å². The second-order valence-corrected chi connectivity index (χ2v) is 7.06. The van der Waals surface area contributed by atoms with Gasteiger partial charge in [-0.3, -0.25) is 4.99 Å². The van der Waals surface area contributed by atoms with Crippen molar-refractivity contribution in [2.24, 2.45) is 16.6 Å². The van der Waals surface area contributed by atoms with E-state index < -0.39 is 4.75 Å². The highest BCUT2D eigenvalue weighted by molar-refractivity contribution is 8.14. The number of amidine groups is 1. The highest BCUT2D eigenvalue weighted by atomic mass is 32.2. The number of halogens is 1. The SMILES string of the molecule is NC1=NC[C@H]2COC[C@]2(c2cc(-c3cncnc3)ccc2F)S1. The third-order valence-electron chi connectivity index (χ3n) is 4.37. The number of nitrogens with two attached hydrogens (primary N) is 1. The average molecular weight is 330 g/mol. The van der Waals surface area contributed by atoms with E-state index in [1.54, 1.807) is 18.5 Å². The number of thioether (sulfide) groups is 1. The van der Waals surface area contributed by atoms with Gasteiger partial charge in [-0.2, -0.15) is 0 Å². The molecule has 0 unspecified atom stereocenters. The molecule has 3 heterocycles. The summed E-state index contributed by atoms with van der Waals surface area (Å²) < 4.78 is 19.8. The molecule has 1 saturated heterocycles. The molecular weight excluding hydrogens is 315 g/mol. The lowest BCUT2D eigenvalue weighted by atomic mass is 9.86. The standard InChI is InChI=1S/C16H15FN4OS/c17-14-2-1-10(11-4-19-9-20-5-11)3-13(14)16-8-22-7-12(16)6-21-15(18)23-16/h1-5,9,12H,6-8H2,(H2,18,21)/t12-,16-/m0/s1. The zero-order valence-electron chi connectivity index (χ0n) is 12.3. The van der Waals surface area contributed by atoms with E-state index in [2.05, 4.69) is 15.0 Å². The van der Waals surface area contributed by atoms with Crippen LogP contribution < -0.4 is 5.73 Å². The summed E-state index contributed by atoms with van der Waals surface area (Å²) in [6.07, 6.45) is 4.91. The predicted molar refractivity (Wildman–Crippen MR) is 87.5 cm³/mol. The van der Waals surface area contributed by atoms with Gasteiger partial charge in [0.15, 0.2) is 5.17 Å². The van der Waals surface area contributed by atoms with E-state index in [0.717, 1.165) is 11.1 Å². The second kappa shape index (κ2) is 5.58. The lowest BCUT2D eigenvalue weighted by molar-refractivity contribution is 0.183. The largest absolute Gasteiger partial charge is 0.379 e. The molecule has 0 radical (unpaired) electrons. The zero-order valence-corrected chi connectivity index (χ0v) is 13.1. The highest BCUT2D eigenvalue weighted by Crippen LogP contribution is 2.50. The fourth-order valence-corrected chi connectivity index (χ4v) is 4.40. The molecule has 4 rings (SSSR count). The Bertz CT molecular complexity index is 770. The lowest BCUT2D eigenvalue weighted by Gasteiger charge is -2.35. The highest BCUT2D eigenvalue weighted by Gasteiger charge is 2.50. The molecule has 1 fully saturated rings. The molecule has 0 bridgehead atoms. The van der Waals surface area contributed by atoms with Gasteiger partial charge in [0.25, 0.3) is 0 Å². The van der Waals surface area contributed by atoms with E-state index in [9.17, 15) is 4.39 Å². The Kier molecular flexibility index (Phi) is 3.54. The Hall–Kier alpha value is -1.99. The average Bonchev–Trinajstić information content (AvgIpc) is 3.00. The number of aromatic nitrogens is 2. The van der Waals surface area contributed by atoms with E-state index in [1.165, 1.54) is 24.2 Å². The van der Waals surface area contributed by atoms with Crippen LogP contribution in [0.3, 0.4) is 0 Å². The Morgan fingerprint density at radius 1 is 1.26 bits per heavy atom. The normalized spacial score (nSPS) is 26.7. The maximum absolute atomic E-state index is 14.6. The topological polar surface area (TPSA) is 73.4 Å². The zero-order chi connectivity index (χ0) is 15.9. The van der Waals surface area contributed by atoms with Crippen molar-refractivity contribution in [3.05, 3.63) is 48.3 Å². The van der Waals surface area contributed by atoms with Gasteiger partial charge in [0.1, 0.15) is 12.1 Å². The molecule has 2 aliphatic heterocycles. The Labute approximate surface area is 137 Å². The number of hydrogen-bond donors (Lipinski definition) is 1. The fourth-order valence-electron chi connectivity index (χ4n) is 3.17. The minimum Gasteiger partial charge on any atom is -0.379 e. The van der Waals surface area contributed by atoms with Crippen LogP contribution in [0, 0.1) is 11.7 Å². The van der Waals surface area contributed by atoms with Crippen molar-refractivity contribution in [2.45, 2.75) is 4.75 Å². The first-order valence-corrected chi connectivity index (χ1v) is 8.13. The van der Waals surface area contributed by atoms with Crippen LogP contribution in [0.5, 0.6) is 0 Å². The molecule has 2 aromatic rings. The van der Waals surface area contributed by atoms with Crippen LogP contribution in [0.4, 0.5) is 4.39 Å². The van der Waals surface area contributed by atoms with Crippen molar-refractivity contribution >= 4 is 16.9 Å². The number of rotatable bonds is 2. The minimum atomic E-state index is -0.512. The summed E-state index contributed by atoms with van der Waals surface area (Å²) in [4.78, 5) is 12.3. The third kappa shape index (κ3) is 2.40. The van der Waals surface area contributed by atoms with Gasteiger partial charge < -0.3 is 10.5 Å². The van der Waals surface area contributed by atoms with Gasteiger partial charge in [-0.05, 0) is 17.7 Å². The first kappa shape index (κ1) is 14.6. The van der Waals surface area contributed by atoms with Gasteiger partial charge in [-0.1, -0.05) is 17.8 Å². The van der Waals surface area contributed by atoms with Gasteiger partial charge in [0, 0.05) is 36.0 Å². The molecule has 2 N–H and O–H groups in total. The van der Waals surface area contributed by atoms with E-state index in [1.807, 2.05) is 6.07 Å². The van der Waals surface area contributed by atoms with E-state index in [4.69, 9.17) is 10.5 Å². The Morgan fingerprint density at radius 3 is 2.91 bits per heavy atom. The van der Waals surface area contributed by atoms with Gasteiger partial charge in [0.05, 0.1) is 18.0 Å². The third-order valence-corrected chi connectivity index (χ3v) is 5.74. The molecule has 1 aromatic carbocycles. The van der Waals surface area contributed by atoms with Crippen LogP contribution in [0.25, 0.3) is 11.1 Å². The smallest absolute Gasteiger partial charge is 0.154 e. The Balaban J connectivity index is 1.83. The van der Waals surface area contributed by atoms with Crippen molar-refractivity contribution < 1.29 is 9.13 Å². The first-order valence-electron chi connectivity index (χ1n) is 7.31. The van der Waals surface area contributed by atoms with Crippen molar-refractivity contribution in [2.75, 3.05) is 19.8 Å². The van der Waals surface area contributed by atoms with Crippen LogP contribution >= 0.6 is 11.8 Å². The summed E-state index contributed by atoms with van der Waals surface area (Å²) in [5.41, 5.74) is 8.27. The maximum Gasteiger partial charge on any atom is 0.154 e. The molecule has 0 amide bonds. The van der Waals surface area contributed by atoms with Crippen molar-refractivity contribution in [3.8, 4) is 11.1 Å². The van der Waals surface area contributed by atoms with E-state index in [0.29, 0.717) is 30.5 Å². The number of nitrogens with zero attached hydrogens (tertiary/aromatic N) is 3. The van der Waals surface area contributed by atoms with Crippen molar-refractivity contribution in [3.63, 3.8) is 0 Å². The minimum absolute atomic E-state index is 0.122. The van der Waals surface area contributed by atoms with Gasteiger partial charge >= 0.3 is 0 Å². The molecule has 1 aromatic heterocycles. The first-order chi connectivity index (χ1) is 11.2. The molecule has 2 aliphatic rings. The summed E-state index contributed by atoms with van der Waals surface area (Å²) >= 11 is 1.41. The lowest BCUT2D eigenvalue weighted by Crippen LogP contribution is -2.39. The monoisotopic (exact) mass is 330 g/mol. The van der Waals surface area contributed by atoms with Gasteiger partial charge in [0.2, 0.25) is 0 Å². The molecule has 0 spiro atoms. The van der Waals surface area contributed by atoms with Crippen LogP contribution in [0.15, 0.2) is 41.9 Å². The number of aliphatic imine (C=N–C) groups is 1. The fraction of sp³-hybridized carbons (Fsp3) is 0.312. The number of ether oxygens (including phenoxy) is 1. The van der Waals surface area contributed by atoms with Crippen LogP contribution in [0.2, 0.25) is 0 Å². The van der Waals surface area contributed by atoms with E-state index >= 15 is 0 Å². The Morgan fingerprint density at radius 2 is 2.09 bits per heavy atom. The van der Waals surface area contributed by atoms with Crippen LogP contribution in [-0.2, 0) is 9.48 Å². The molecular formula is C16H15FN4OS. The number of hydrogen-bond acceptors (Lipinski definition) is 6. The molecule has 5 nitrogen and oxygen atoms in total. The molecule has 23 heavy (non-hydrogen) atoms. The summed E-state index contributed by atoms with van der Waals surface area (Å²) in [7, 11) is 0. The molecule has 2 atom stereocenters. The second-order valence-electron chi connectivity index (χ2n) is 5.70. The maximum atomic E-state index is 14.6.